The largest absolute Gasteiger partial charge is 0.497 e. The maximum Gasteiger partial charge on any atom is 0.257 e. The van der Waals surface area contributed by atoms with Gasteiger partial charge in [-0.3, -0.25) is 14.6 Å². The molecule has 7 nitrogen and oxygen atoms in total. The Morgan fingerprint density at radius 1 is 0.941 bits per heavy atom. The van der Waals surface area contributed by atoms with Gasteiger partial charge in [0.05, 0.1) is 37.5 Å². The average Bonchev–Trinajstić information content (AvgIpc) is 3.12. The number of rotatable bonds is 5. The first-order valence-corrected chi connectivity index (χ1v) is 11.3. The zero-order valence-electron chi connectivity index (χ0n) is 20.8. The Labute approximate surface area is 200 Å². The third kappa shape index (κ3) is 4.06. The van der Waals surface area contributed by atoms with Gasteiger partial charge in [-0.05, 0) is 70.5 Å². The van der Waals surface area contributed by atoms with E-state index in [2.05, 4.69) is 5.32 Å². The Hall–Kier alpha value is -3.61. The van der Waals surface area contributed by atoms with Gasteiger partial charge in [-0.1, -0.05) is 12.1 Å². The van der Waals surface area contributed by atoms with Crippen molar-refractivity contribution in [1.29, 1.82) is 0 Å². The molecule has 0 saturated heterocycles. The quantitative estimate of drug-likeness (QED) is 0.602. The number of pyridine rings is 1. The number of ether oxygens (including phenoxy) is 2. The summed E-state index contributed by atoms with van der Waals surface area (Å²) >= 11 is 0. The highest BCUT2D eigenvalue weighted by Gasteiger charge is 2.45. The first-order valence-electron chi connectivity index (χ1n) is 11.3. The lowest BCUT2D eigenvalue weighted by Crippen LogP contribution is -2.58. The van der Waals surface area contributed by atoms with Crippen LogP contribution in [0.15, 0.2) is 42.5 Å². The summed E-state index contributed by atoms with van der Waals surface area (Å²) in [4.78, 5) is 33.5. The third-order valence-corrected chi connectivity index (χ3v) is 6.13. The summed E-state index contributed by atoms with van der Waals surface area (Å²) < 4.78 is 10.8. The molecule has 0 aliphatic carbocycles. The van der Waals surface area contributed by atoms with Crippen molar-refractivity contribution in [2.75, 3.05) is 14.2 Å². The summed E-state index contributed by atoms with van der Waals surface area (Å²) in [6.07, 6.45) is 0. The summed E-state index contributed by atoms with van der Waals surface area (Å²) in [7, 11) is 3.23. The molecule has 1 aromatic heterocycles. The average molecular weight is 462 g/mol. The molecular weight excluding hydrogens is 430 g/mol. The zero-order valence-corrected chi connectivity index (χ0v) is 20.8. The molecule has 0 spiro atoms. The Kier molecular flexibility index (Phi) is 5.75. The van der Waals surface area contributed by atoms with Gasteiger partial charge < -0.3 is 19.7 Å². The van der Waals surface area contributed by atoms with E-state index in [0.29, 0.717) is 17.0 Å². The van der Waals surface area contributed by atoms with Crippen LogP contribution < -0.4 is 14.8 Å². The molecular formula is C27H31N3O4. The molecule has 4 rings (SSSR count). The molecule has 2 aromatic carbocycles. The first kappa shape index (κ1) is 23.5. The van der Waals surface area contributed by atoms with Crippen LogP contribution in [0.3, 0.4) is 0 Å². The molecule has 0 fully saturated rings. The maximum absolute atomic E-state index is 13.9. The second-order valence-electron chi connectivity index (χ2n) is 10.1. The number of carbonyl (C=O) groups is 2. The predicted octanol–water partition coefficient (Wildman–Crippen LogP) is 4.57. The second-order valence-corrected chi connectivity index (χ2v) is 10.1. The first-order chi connectivity index (χ1) is 16.0. The van der Waals surface area contributed by atoms with Gasteiger partial charge in [0.2, 0.25) is 5.91 Å². The van der Waals surface area contributed by atoms with E-state index >= 15 is 0 Å². The lowest BCUT2D eigenvalue weighted by atomic mass is 9.94. The molecule has 0 saturated carbocycles. The van der Waals surface area contributed by atoms with Crippen LogP contribution in [-0.2, 0) is 11.3 Å². The summed E-state index contributed by atoms with van der Waals surface area (Å²) in [5.41, 5.74) is 2.10. The minimum atomic E-state index is -1.06. The monoisotopic (exact) mass is 461 g/mol. The van der Waals surface area contributed by atoms with Gasteiger partial charge in [0.1, 0.15) is 17.0 Å². The van der Waals surface area contributed by atoms with Gasteiger partial charge in [-0.25, -0.2) is 0 Å². The van der Waals surface area contributed by atoms with Crippen molar-refractivity contribution in [3.63, 3.8) is 0 Å². The Bertz CT molecular complexity index is 1270. The van der Waals surface area contributed by atoms with Crippen molar-refractivity contribution in [2.24, 2.45) is 0 Å². The number of nitrogens with one attached hydrogen (secondary N) is 1. The van der Waals surface area contributed by atoms with Gasteiger partial charge in [0, 0.05) is 16.5 Å². The number of benzene rings is 2. The topological polar surface area (TPSA) is 80.8 Å². The molecule has 7 heteroatoms. The van der Waals surface area contributed by atoms with E-state index < -0.39 is 11.1 Å². The van der Waals surface area contributed by atoms with Gasteiger partial charge in [0.15, 0.2) is 0 Å². The number of hydrogen-bond donors (Lipinski definition) is 1. The zero-order chi connectivity index (χ0) is 24.8. The maximum atomic E-state index is 13.9. The molecule has 2 amide bonds. The van der Waals surface area contributed by atoms with E-state index in [9.17, 15) is 9.59 Å². The van der Waals surface area contributed by atoms with Crippen LogP contribution in [0.4, 0.5) is 0 Å². The molecule has 2 heterocycles. The van der Waals surface area contributed by atoms with Gasteiger partial charge in [-0.15, -0.1) is 0 Å². The normalized spacial score (nSPS) is 13.7. The minimum Gasteiger partial charge on any atom is -0.497 e. The number of aromatic nitrogens is 1. The lowest BCUT2D eigenvalue weighted by Gasteiger charge is -2.36. The number of carbonyl (C=O) groups excluding carboxylic acids is 2. The number of amides is 2. The van der Waals surface area contributed by atoms with Crippen molar-refractivity contribution < 1.29 is 19.1 Å². The van der Waals surface area contributed by atoms with Gasteiger partial charge in [0.25, 0.3) is 5.91 Å². The Balaban J connectivity index is 1.89. The van der Waals surface area contributed by atoms with Crippen molar-refractivity contribution in [2.45, 2.75) is 52.2 Å². The smallest absolute Gasteiger partial charge is 0.257 e. The number of nitrogens with zero attached hydrogens (tertiary/aromatic N) is 2. The van der Waals surface area contributed by atoms with Crippen LogP contribution in [0.2, 0.25) is 0 Å². The van der Waals surface area contributed by atoms with Gasteiger partial charge >= 0.3 is 0 Å². The highest BCUT2D eigenvalue weighted by atomic mass is 16.5. The minimum absolute atomic E-state index is 0.210. The van der Waals surface area contributed by atoms with E-state index in [0.717, 1.165) is 27.8 Å². The summed E-state index contributed by atoms with van der Waals surface area (Å²) in [6, 6.07) is 13.2. The summed E-state index contributed by atoms with van der Waals surface area (Å²) in [5, 5.41) is 3.82. The van der Waals surface area contributed by atoms with Crippen LogP contribution in [0.1, 0.15) is 50.7 Å². The Morgan fingerprint density at radius 2 is 1.56 bits per heavy atom. The summed E-state index contributed by atoms with van der Waals surface area (Å²) in [6.45, 7) is 9.56. The van der Waals surface area contributed by atoms with Crippen LogP contribution in [-0.4, -0.2) is 47.0 Å². The third-order valence-electron chi connectivity index (χ3n) is 6.13. The fourth-order valence-corrected chi connectivity index (χ4v) is 4.25. The van der Waals surface area contributed by atoms with E-state index in [1.165, 1.54) is 0 Å². The fourth-order valence-electron chi connectivity index (χ4n) is 4.25. The SMILES string of the molecule is COc1ccc(-c2c3c(nc4ccc(OC)cc24)CN(C(C)(C)C(=O)NC(C)(C)C)C3=O)cc1. The highest BCUT2D eigenvalue weighted by molar-refractivity contribution is 6.12. The van der Waals surface area contributed by atoms with E-state index in [1.54, 1.807) is 33.0 Å². The van der Waals surface area contributed by atoms with Crippen molar-refractivity contribution >= 4 is 22.7 Å². The van der Waals surface area contributed by atoms with Crippen LogP contribution in [0.5, 0.6) is 11.5 Å². The van der Waals surface area contributed by atoms with E-state index in [-0.39, 0.29) is 18.4 Å². The second kappa shape index (κ2) is 8.31. The van der Waals surface area contributed by atoms with Crippen LogP contribution in [0, 0.1) is 0 Å². The van der Waals surface area contributed by atoms with Crippen molar-refractivity contribution in [3.05, 3.63) is 53.7 Å². The standard InChI is InChI=1S/C27H31N3O4/c1-26(2,3)29-25(32)27(4,5)30-15-21-23(24(30)31)22(16-8-10-17(33-6)11-9-16)19-14-18(34-7)12-13-20(19)28-21/h8-14H,15H2,1-7H3,(H,29,32). The van der Waals surface area contributed by atoms with Crippen LogP contribution >= 0.6 is 0 Å². The molecule has 178 valence electrons. The molecule has 34 heavy (non-hydrogen) atoms. The number of hydrogen-bond acceptors (Lipinski definition) is 5. The molecule has 1 aliphatic heterocycles. The summed E-state index contributed by atoms with van der Waals surface area (Å²) in [5.74, 6) is 0.978. The molecule has 1 aliphatic rings. The molecule has 0 atom stereocenters. The van der Waals surface area contributed by atoms with Crippen LogP contribution in [0.25, 0.3) is 22.0 Å². The Morgan fingerprint density at radius 3 is 2.15 bits per heavy atom. The van der Waals surface area contributed by atoms with E-state index in [4.69, 9.17) is 14.5 Å². The highest BCUT2D eigenvalue weighted by Crippen LogP contribution is 2.41. The van der Waals surface area contributed by atoms with Crippen molar-refractivity contribution in [1.82, 2.24) is 15.2 Å². The lowest BCUT2D eigenvalue weighted by molar-refractivity contribution is -0.132. The molecule has 1 N–H and O–H groups in total. The van der Waals surface area contributed by atoms with Crippen molar-refractivity contribution in [3.8, 4) is 22.6 Å². The fraction of sp³-hybridized carbons (Fsp3) is 0.370. The van der Waals surface area contributed by atoms with Gasteiger partial charge in [-0.2, -0.15) is 0 Å². The predicted molar refractivity (Wildman–Crippen MR) is 132 cm³/mol. The molecule has 0 unspecified atom stereocenters. The number of fused-ring (bicyclic) bond motifs is 2. The van der Waals surface area contributed by atoms with E-state index in [1.807, 2.05) is 63.2 Å². The number of methoxy groups -OCH3 is 2. The molecule has 0 bridgehead atoms. The molecule has 3 aromatic rings. The molecule has 0 radical (unpaired) electrons.